The summed E-state index contributed by atoms with van der Waals surface area (Å²) >= 11 is 0. The smallest absolute Gasteiger partial charge is 0.256 e. The van der Waals surface area contributed by atoms with Gasteiger partial charge in [-0.05, 0) is 56.7 Å². The summed E-state index contributed by atoms with van der Waals surface area (Å²) in [5, 5.41) is 7.39. The third kappa shape index (κ3) is 3.83. The number of para-hydroxylation sites is 1. The maximum Gasteiger partial charge on any atom is 0.256 e. The summed E-state index contributed by atoms with van der Waals surface area (Å²) in [6.45, 7) is 2.37. The lowest BCUT2D eigenvalue weighted by Crippen LogP contribution is -2.33. The number of pyridine rings is 1. The van der Waals surface area contributed by atoms with Crippen molar-refractivity contribution in [2.75, 3.05) is 6.54 Å². The van der Waals surface area contributed by atoms with Crippen LogP contribution in [0.5, 0.6) is 5.75 Å². The second kappa shape index (κ2) is 7.96. The molecule has 1 aromatic carbocycles. The molecule has 0 spiro atoms. The molecule has 2 heterocycles. The fourth-order valence-electron chi connectivity index (χ4n) is 3.69. The van der Waals surface area contributed by atoms with Gasteiger partial charge in [0.25, 0.3) is 5.91 Å². The molecule has 1 saturated carbocycles. The van der Waals surface area contributed by atoms with E-state index in [0.717, 1.165) is 25.7 Å². The van der Waals surface area contributed by atoms with Crippen LogP contribution in [0.15, 0.2) is 41.2 Å². The first-order valence-electron chi connectivity index (χ1n) is 9.51. The molecule has 1 N–H and O–H groups in total. The van der Waals surface area contributed by atoms with E-state index >= 15 is 0 Å². The average Bonchev–Trinajstić information content (AvgIpc) is 3.14. The van der Waals surface area contributed by atoms with Crippen LogP contribution in [-0.2, 0) is 0 Å². The second-order valence-electron chi connectivity index (χ2n) is 7.23. The number of hydrogen-bond donors (Lipinski definition) is 1. The largest absolute Gasteiger partial charge is 0.490 e. The molecule has 0 radical (unpaired) electrons. The highest BCUT2D eigenvalue weighted by Crippen LogP contribution is 2.31. The SMILES string of the molecule is Cc1nocc1C(=O)NC[C@H]1CC[C@H](Oc2ccnc3c(F)cccc23)CC1. The summed E-state index contributed by atoms with van der Waals surface area (Å²) < 4.78 is 24.9. The van der Waals surface area contributed by atoms with Crippen LogP contribution in [0.1, 0.15) is 41.7 Å². The van der Waals surface area contributed by atoms with Crippen LogP contribution in [0.25, 0.3) is 10.9 Å². The Kier molecular flexibility index (Phi) is 5.23. The van der Waals surface area contributed by atoms with E-state index in [9.17, 15) is 9.18 Å². The van der Waals surface area contributed by atoms with Gasteiger partial charge in [-0.3, -0.25) is 9.78 Å². The maximum atomic E-state index is 13.9. The van der Waals surface area contributed by atoms with E-state index in [0.29, 0.717) is 40.4 Å². The Balaban J connectivity index is 1.31. The molecule has 28 heavy (non-hydrogen) atoms. The van der Waals surface area contributed by atoms with Crippen LogP contribution in [0.2, 0.25) is 0 Å². The number of fused-ring (bicyclic) bond motifs is 1. The summed E-state index contributed by atoms with van der Waals surface area (Å²) in [6, 6.07) is 6.69. The standard InChI is InChI=1S/C21H22FN3O3/c1-13-17(12-27-25-13)21(26)24-11-14-5-7-15(8-6-14)28-19-9-10-23-20-16(19)3-2-4-18(20)22/h2-4,9-10,12,14-15H,5-8,11H2,1H3,(H,24,26)/t14-,15-. The van der Waals surface area contributed by atoms with E-state index in [1.54, 1.807) is 25.3 Å². The van der Waals surface area contributed by atoms with Crippen molar-refractivity contribution < 1.29 is 18.4 Å². The summed E-state index contributed by atoms with van der Waals surface area (Å²) in [6.07, 6.45) is 6.75. The zero-order chi connectivity index (χ0) is 19.5. The van der Waals surface area contributed by atoms with E-state index in [1.807, 2.05) is 6.07 Å². The van der Waals surface area contributed by atoms with Gasteiger partial charge in [0.15, 0.2) is 0 Å². The Hall–Kier alpha value is -2.96. The molecule has 2 aromatic heterocycles. The van der Waals surface area contributed by atoms with Gasteiger partial charge in [0.1, 0.15) is 28.9 Å². The number of halogens is 1. The number of carbonyl (C=O) groups excluding carboxylic acids is 1. The fraction of sp³-hybridized carbons (Fsp3) is 0.381. The number of carbonyl (C=O) groups is 1. The van der Waals surface area contributed by atoms with Gasteiger partial charge in [-0.15, -0.1) is 0 Å². The molecule has 6 nitrogen and oxygen atoms in total. The number of benzene rings is 1. The lowest BCUT2D eigenvalue weighted by atomic mass is 9.87. The van der Waals surface area contributed by atoms with Crippen molar-refractivity contribution in [1.82, 2.24) is 15.5 Å². The van der Waals surface area contributed by atoms with E-state index in [2.05, 4.69) is 15.5 Å². The Morgan fingerprint density at radius 2 is 2.11 bits per heavy atom. The predicted octanol–water partition coefficient (Wildman–Crippen LogP) is 4.04. The number of nitrogens with zero attached hydrogens (tertiary/aromatic N) is 2. The molecule has 4 rings (SSSR count). The number of aromatic nitrogens is 2. The molecule has 1 aliphatic rings. The Bertz CT molecular complexity index is 980. The molecule has 3 aromatic rings. The van der Waals surface area contributed by atoms with Crippen LogP contribution >= 0.6 is 0 Å². The summed E-state index contributed by atoms with van der Waals surface area (Å²) in [4.78, 5) is 16.3. The van der Waals surface area contributed by atoms with Gasteiger partial charge in [-0.1, -0.05) is 11.2 Å². The number of hydrogen-bond acceptors (Lipinski definition) is 5. The molecule has 146 valence electrons. The van der Waals surface area contributed by atoms with Crippen LogP contribution in [-0.4, -0.2) is 28.7 Å². The molecule has 0 bridgehead atoms. The van der Waals surface area contributed by atoms with Gasteiger partial charge in [0.05, 0.1) is 11.8 Å². The van der Waals surface area contributed by atoms with Gasteiger partial charge in [0, 0.05) is 18.1 Å². The monoisotopic (exact) mass is 383 g/mol. The van der Waals surface area contributed by atoms with Crippen molar-refractivity contribution in [3.05, 3.63) is 53.8 Å². The summed E-state index contributed by atoms with van der Waals surface area (Å²) in [5.74, 6) is 0.590. The molecule has 1 amide bonds. The Labute approximate surface area is 162 Å². The molecule has 0 unspecified atom stereocenters. The quantitative estimate of drug-likeness (QED) is 0.720. The van der Waals surface area contributed by atoms with E-state index in [1.165, 1.54) is 12.3 Å². The minimum Gasteiger partial charge on any atom is -0.490 e. The van der Waals surface area contributed by atoms with Gasteiger partial charge >= 0.3 is 0 Å². The van der Waals surface area contributed by atoms with Crippen molar-refractivity contribution in [3.63, 3.8) is 0 Å². The van der Waals surface area contributed by atoms with Crippen LogP contribution in [0.3, 0.4) is 0 Å². The number of aryl methyl sites for hydroxylation is 1. The van der Waals surface area contributed by atoms with Gasteiger partial charge < -0.3 is 14.6 Å². The topological polar surface area (TPSA) is 77.2 Å². The van der Waals surface area contributed by atoms with E-state index < -0.39 is 0 Å². The van der Waals surface area contributed by atoms with Gasteiger partial charge in [-0.2, -0.15) is 0 Å². The molecule has 0 aliphatic heterocycles. The molecule has 1 fully saturated rings. The normalized spacial score (nSPS) is 19.5. The number of amides is 1. The van der Waals surface area contributed by atoms with Crippen LogP contribution < -0.4 is 10.1 Å². The maximum absolute atomic E-state index is 13.9. The first-order valence-corrected chi connectivity index (χ1v) is 9.51. The fourth-order valence-corrected chi connectivity index (χ4v) is 3.69. The van der Waals surface area contributed by atoms with Crippen LogP contribution in [0.4, 0.5) is 4.39 Å². The van der Waals surface area contributed by atoms with Crippen molar-refractivity contribution >= 4 is 16.8 Å². The lowest BCUT2D eigenvalue weighted by Gasteiger charge is -2.29. The molecule has 7 heteroatoms. The highest BCUT2D eigenvalue weighted by Gasteiger charge is 2.24. The molecular formula is C21H22FN3O3. The third-order valence-corrected chi connectivity index (χ3v) is 5.32. The number of nitrogens with one attached hydrogen (secondary N) is 1. The van der Waals surface area contributed by atoms with Crippen molar-refractivity contribution in [3.8, 4) is 5.75 Å². The zero-order valence-corrected chi connectivity index (χ0v) is 15.7. The van der Waals surface area contributed by atoms with Crippen molar-refractivity contribution in [1.29, 1.82) is 0 Å². The van der Waals surface area contributed by atoms with Gasteiger partial charge in [-0.25, -0.2) is 4.39 Å². The van der Waals surface area contributed by atoms with Crippen LogP contribution in [0, 0.1) is 18.7 Å². The van der Waals surface area contributed by atoms with E-state index in [-0.39, 0.29) is 17.8 Å². The highest BCUT2D eigenvalue weighted by molar-refractivity contribution is 5.94. The first kappa shape index (κ1) is 18.4. The van der Waals surface area contributed by atoms with E-state index in [4.69, 9.17) is 9.26 Å². The Morgan fingerprint density at radius 3 is 2.86 bits per heavy atom. The highest BCUT2D eigenvalue weighted by atomic mass is 19.1. The molecule has 0 saturated heterocycles. The summed E-state index contributed by atoms with van der Waals surface area (Å²) in [7, 11) is 0. The predicted molar refractivity (Wildman–Crippen MR) is 102 cm³/mol. The second-order valence-corrected chi connectivity index (χ2v) is 7.23. The first-order chi connectivity index (χ1) is 13.6. The lowest BCUT2D eigenvalue weighted by molar-refractivity contribution is 0.0928. The molecule has 1 aliphatic carbocycles. The number of rotatable bonds is 5. The minimum absolute atomic E-state index is 0.0844. The minimum atomic E-state index is -0.342. The van der Waals surface area contributed by atoms with Crippen molar-refractivity contribution in [2.45, 2.75) is 38.7 Å². The van der Waals surface area contributed by atoms with Gasteiger partial charge in [0.2, 0.25) is 0 Å². The Morgan fingerprint density at radius 1 is 1.29 bits per heavy atom. The third-order valence-electron chi connectivity index (χ3n) is 5.32. The van der Waals surface area contributed by atoms with Crippen molar-refractivity contribution in [2.24, 2.45) is 5.92 Å². The average molecular weight is 383 g/mol. The molecule has 0 atom stereocenters. The summed E-state index contributed by atoms with van der Waals surface area (Å²) in [5.41, 5.74) is 1.41. The number of ether oxygens (including phenoxy) is 1. The molecular weight excluding hydrogens is 361 g/mol. The zero-order valence-electron chi connectivity index (χ0n) is 15.7.